The summed E-state index contributed by atoms with van der Waals surface area (Å²) in [5.74, 6) is 2.70. The number of hydrogen-bond acceptors (Lipinski definition) is 4. The van der Waals surface area contributed by atoms with Gasteiger partial charge in [0.05, 0.1) is 14.2 Å². The minimum Gasteiger partial charge on any atom is -0.493 e. The van der Waals surface area contributed by atoms with Crippen LogP contribution < -0.4 is 18.9 Å². The van der Waals surface area contributed by atoms with E-state index in [-0.39, 0.29) is 0 Å². The van der Waals surface area contributed by atoms with Crippen molar-refractivity contribution in [3.05, 3.63) is 48.5 Å². The molecule has 0 fully saturated rings. The Labute approximate surface area is 118 Å². The van der Waals surface area contributed by atoms with Gasteiger partial charge in [-0.05, 0) is 24.3 Å². The van der Waals surface area contributed by atoms with Gasteiger partial charge in [-0.3, -0.25) is 0 Å². The van der Waals surface area contributed by atoms with Crippen LogP contribution in [0.25, 0.3) is 0 Å². The van der Waals surface area contributed by atoms with Crippen molar-refractivity contribution in [3.8, 4) is 23.0 Å². The average Bonchev–Trinajstić information content (AvgIpc) is 2.52. The first kappa shape index (κ1) is 14.1. The third kappa shape index (κ3) is 3.57. The van der Waals surface area contributed by atoms with Crippen molar-refractivity contribution < 1.29 is 18.9 Å². The van der Waals surface area contributed by atoms with E-state index in [0.717, 1.165) is 5.75 Å². The second kappa shape index (κ2) is 7.28. The molecule has 2 aromatic rings. The molecule has 0 bridgehead atoms. The summed E-state index contributed by atoms with van der Waals surface area (Å²) in [7, 11) is 3.20. The number of ether oxygens (including phenoxy) is 4. The Bertz CT molecular complexity index is 503. The van der Waals surface area contributed by atoms with E-state index in [2.05, 4.69) is 0 Å². The highest BCUT2D eigenvalue weighted by molar-refractivity contribution is 5.51. The van der Waals surface area contributed by atoms with Crippen LogP contribution in [0.3, 0.4) is 0 Å². The fourth-order valence-electron chi connectivity index (χ4n) is 1.78. The molecule has 0 unspecified atom stereocenters. The van der Waals surface area contributed by atoms with Crippen molar-refractivity contribution in [3.63, 3.8) is 0 Å². The summed E-state index contributed by atoms with van der Waals surface area (Å²) < 4.78 is 21.8. The van der Waals surface area contributed by atoms with E-state index >= 15 is 0 Å². The van der Waals surface area contributed by atoms with E-state index in [1.807, 2.05) is 48.5 Å². The maximum Gasteiger partial charge on any atom is 0.203 e. The topological polar surface area (TPSA) is 36.9 Å². The van der Waals surface area contributed by atoms with E-state index in [9.17, 15) is 0 Å². The van der Waals surface area contributed by atoms with Crippen LogP contribution >= 0.6 is 0 Å². The fraction of sp³-hybridized carbons (Fsp3) is 0.250. The number of benzene rings is 2. The molecule has 0 saturated carbocycles. The quantitative estimate of drug-likeness (QED) is 0.727. The summed E-state index contributed by atoms with van der Waals surface area (Å²) in [6.45, 7) is 0.858. The molecule has 0 aromatic heterocycles. The molecular weight excluding hydrogens is 256 g/mol. The SMILES string of the molecule is COc1cccc(OC)c1OCCOc1ccccc1. The third-order valence-corrected chi connectivity index (χ3v) is 2.72. The number of hydrogen-bond donors (Lipinski definition) is 0. The predicted octanol–water partition coefficient (Wildman–Crippen LogP) is 3.16. The maximum atomic E-state index is 5.70. The molecule has 0 spiro atoms. The highest BCUT2D eigenvalue weighted by atomic mass is 16.6. The highest BCUT2D eigenvalue weighted by Crippen LogP contribution is 2.36. The van der Waals surface area contributed by atoms with Crippen molar-refractivity contribution in [2.45, 2.75) is 0 Å². The number of methoxy groups -OCH3 is 2. The molecule has 4 nitrogen and oxygen atoms in total. The van der Waals surface area contributed by atoms with E-state index < -0.39 is 0 Å². The lowest BCUT2D eigenvalue weighted by atomic mass is 10.3. The van der Waals surface area contributed by atoms with Crippen LogP contribution in [0.15, 0.2) is 48.5 Å². The van der Waals surface area contributed by atoms with Crippen LogP contribution in [0.5, 0.6) is 23.0 Å². The minimum atomic E-state index is 0.408. The van der Waals surface area contributed by atoms with Crippen LogP contribution in [0, 0.1) is 0 Å². The van der Waals surface area contributed by atoms with E-state index in [1.165, 1.54) is 0 Å². The Morgan fingerprint density at radius 3 is 1.90 bits per heavy atom. The van der Waals surface area contributed by atoms with Gasteiger partial charge in [0.25, 0.3) is 0 Å². The van der Waals surface area contributed by atoms with Gasteiger partial charge in [-0.1, -0.05) is 24.3 Å². The van der Waals surface area contributed by atoms with Gasteiger partial charge < -0.3 is 18.9 Å². The summed E-state index contributed by atoms with van der Waals surface area (Å²) in [5.41, 5.74) is 0. The largest absolute Gasteiger partial charge is 0.493 e. The zero-order chi connectivity index (χ0) is 14.2. The molecule has 0 aliphatic carbocycles. The Balaban J connectivity index is 1.90. The summed E-state index contributed by atoms with van der Waals surface area (Å²) >= 11 is 0. The van der Waals surface area contributed by atoms with Crippen molar-refractivity contribution in [1.29, 1.82) is 0 Å². The summed E-state index contributed by atoms with van der Waals surface area (Å²) in [5, 5.41) is 0. The summed E-state index contributed by atoms with van der Waals surface area (Å²) in [6, 6.07) is 15.1. The summed E-state index contributed by atoms with van der Waals surface area (Å²) in [6.07, 6.45) is 0. The standard InChI is InChI=1S/C16H18O4/c1-17-14-9-6-10-15(18-2)16(14)20-12-11-19-13-7-4-3-5-8-13/h3-10H,11-12H2,1-2H3. The molecular formula is C16H18O4. The zero-order valence-electron chi connectivity index (χ0n) is 11.7. The molecule has 0 saturated heterocycles. The first-order valence-electron chi connectivity index (χ1n) is 6.37. The Kier molecular flexibility index (Phi) is 5.12. The van der Waals surface area contributed by atoms with Gasteiger partial charge in [0.1, 0.15) is 19.0 Å². The molecule has 0 atom stereocenters. The predicted molar refractivity (Wildman–Crippen MR) is 77.0 cm³/mol. The van der Waals surface area contributed by atoms with E-state index in [4.69, 9.17) is 18.9 Å². The normalized spacial score (nSPS) is 9.90. The van der Waals surface area contributed by atoms with Crippen molar-refractivity contribution in [1.82, 2.24) is 0 Å². The van der Waals surface area contributed by atoms with Crippen molar-refractivity contribution in [2.75, 3.05) is 27.4 Å². The molecule has 20 heavy (non-hydrogen) atoms. The molecule has 4 heteroatoms. The lowest BCUT2D eigenvalue weighted by molar-refractivity contribution is 0.205. The Hall–Kier alpha value is -2.36. The van der Waals surface area contributed by atoms with Crippen LogP contribution in [-0.4, -0.2) is 27.4 Å². The van der Waals surface area contributed by atoms with Gasteiger partial charge in [0.15, 0.2) is 11.5 Å². The van der Waals surface area contributed by atoms with Crippen LogP contribution in [-0.2, 0) is 0 Å². The van der Waals surface area contributed by atoms with Crippen molar-refractivity contribution in [2.24, 2.45) is 0 Å². The molecule has 2 aromatic carbocycles. The van der Waals surface area contributed by atoms with E-state index in [1.54, 1.807) is 14.2 Å². The molecule has 2 rings (SSSR count). The average molecular weight is 274 g/mol. The molecule has 0 N–H and O–H groups in total. The monoisotopic (exact) mass is 274 g/mol. The zero-order valence-corrected chi connectivity index (χ0v) is 11.7. The Morgan fingerprint density at radius 1 is 0.700 bits per heavy atom. The highest BCUT2D eigenvalue weighted by Gasteiger charge is 2.10. The lowest BCUT2D eigenvalue weighted by Gasteiger charge is -2.14. The van der Waals surface area contributed by atoms with Gasteiger partial charge in [0.2, 0.25) is 5.75 Å². The number of para-hydroxylation sites is 2. The molecule has 0 aliphatic rings. The molecule has 0 radical (unpaired) electrons. The molecule has 0 heterocycles. The Morgan fingerprint density at radius 2 is 1.30 bits per heavy atom. The molecule has 106 valence electrons. The van der Waals surface area contributed by atoms with Crippen molar-refractivity contribution >= 4 is 0 Å². The lowest BCUT2D eigenvalue weighted by Crippen LogP contribution is -2.10. The maximum absolute atomic E-state index is 5.70. The second-order valence-corrected chi connectivity index (χ2v) is 4.00. The smallest absolute Gasteiger partial charge is 0.203 e. The van der Waals surface area contributed by atoms with Gasteiger partial charge in [-0.2, -0.15) is 0 Å². The van der Waals surface area contributed by atoms with E-state index in [0.29, 0.717) is 30.5 Å². The van der Waals surface area contributed by atoms with Gasteiger partial charge in [0, 0.05) is 0 Å². The molecule has 0 aliphatic heterocycles. The first-order chi connectivity index (χ1) is 9.85. The van der Waals surface area contributed by atoms with Crippen LogP contribution in [0.4, 0.5) is 0 Å². The molecule has 0 amide bonds. The first-order valence-corrected chi connectivity index (χ1v) is 6.37. The van der Waals surface area contributed by atoms with Crippen LogP contribution in [0.1, 0.15) is 0 Å². The number of rotatable bonds is 7. The van der Waals surface area contributed by atoms with Gasteiger partial charge in [-0.25, -0.2) is 0 Å². The minimum absolute atomic E-state index is 0.408. The fourth-order valence-corrected chi connectivity index (χ4v) is 1.78. The summed E-state index contributed by atoms with van der Waals surface area (Å²) in [4.78, 5) is 0. The van der Waals surface area contributed by atoms with Gasteiger partial charge >= 0.3 is 0 Å². The third-order valence-electron chi connectivity index (χ3n) is 2.72. The van der Waals surface area contributed by atoms with Gasteiger partial charge in [-0.15, -0.1) is 0 Å². The van der Waals surface area contributed by atoms with Crippen LogP contribution in [0.2, 0.25) is 0 Å². The second-order valence-electron chi connectivity index (χ2n) is 4.00.